The van der Waals surface area contributed by atoms with Crippen LogP contribution in [0.4, 0.5) is 0 Å². The molecule has 1 unspecified atom stereocenters. The maximum atomic E-state index is 9.82. The molecule has 0 radical (unpaired) electrons. The van der Waals surface area contributed by atoms with E-state index in [-0.39, 0.29) is 6.61 Å². The van der Waals surface area contributed by atoms with E-state index >= 15 is 0 Å². The zero-order chi connectivity index (χ0) is 16.7. The van der Waals surface area contributed by atoms with Crippen LogP contribution in [0.2, 0.25) is 0 Å². The van der Waals surface area contributed by atoms with Crippen LogP contribution in [0.15, 0.2) is 48.6 Å². The zero-order valence-corrected chi connectivity index (χ0v) is 12.6. The molecular formula is C16H24O6. The first-order valence-electron chi connectivity index (χ1n) is 6.98. The quantitative estimate of drug-likeness (QED) is 0.496. The number of hydrogen-bond donors (Lipinski definition) is 4. The Kier molecular flexibility index (Phi) is 7.67. The summed E-state index contributed by atoms with van der Waals surface area (Å²) < 4.78 is 10.6. The Hall–Kier alpha value is -1.28. The summed E-state index contributed by atoms with van der Waals surface area (Å²) in [4.78, 5) is 0. The molecule has 1 aliphatic rings. The predicted octanol–water partition coefficient (Wildman–Crippen LogP) is 0.0476. The van der Waals surface area contributed by atoms with Crippen molar-refractivity contribution in [2.75, 3.05) is 13.2 Å². The van der Waals surface area contributed by atoms with Crippen molar-refractivity contribution < 1.29 is 29.9 Å². The molecular weight excluding hydrogens is 288 g/mol. The van der Waals surface area contributed by atoms with Crippen molar-refractivity contribution in [1.82, 2.24) is 0 Å². The van der Waals surface area contributed by atoms with E-state index in [4.69, 9.17) is 14.6 Å². The summed E-state index contributed by atoms with van der Waals surface area (Å²) in [7, 11) is 0. The maximum Gasteiger partial charge on any atom is 0.187 e. The molecule has 4 N–H and O–H groups in total. The van der Waals surface area contributed by atoms with E-state index in [1.807, 2.05) is 6.92 Å². The molecule has 1 fully saturated rings. The monoisotopic (exact) mass is 312 g/mol. The average Bonchev–Trinajstić information content (AvgIpc) is 2.51. The summed E-state index contributed by atoms with van der Waals surface area (Å²) in [5.41, 5.74) is 1.63. The first-order chi connectivity index (χ1) is 10.4. The van der Waals surface area contributed by atoms with Gasteiger partial charge in [-0.2, -0.15) is 0 Å². The Bertz CT molecular complexity index is 440. The van der Waals surface area contributed by atoms with E-state index in [2.05, 4.69) is 13.2 Å². The molecule has 0 amide bonds. The van der Waals surface area contributed by atoms with Gasteiger partial charge in [-0.3, -0.25) is 0 Å². The molecule has 6 nitrogen and oxygen atoms in total. The number of hydrogen-bond acceptors (Lipinski definition) is 6. The van der Waals surface area contributed by atoms with Gasteiger partial charge in [-0.05, 0) is 18.1 Å². The summed E-state index contributed by atoms with van der Waals surface area (Å²) >= 11 is 0. The molecule has 124 valence electrons. The topological polar surface area (TPSA) is 99.4 Å². The second-order valence-corrected chi connectivity index (χ2v) is 5.16. The van der Waals surface area contributed by atoms with Gasteiger partial charge >= 0.3 is 0 Å². The Morgan fingerprint density at radius 3 is 2.50 bits per heavy atom. The number of ether oxygens (including phenoxy) is 2. The van der Waals surface area contributed by atoms with Crippen LogP contribution in [0.3, 0.4) is 0 Å². The molecule has 0 aromatic heterocycles. The van der Waals surface area contributed by atoms with Gasteiger partial charge in [-0.1, -0.05) is 37.5 Å². The highest BCUT2D eigenvalue weighted by atomic mass is 16.7. The van der Waals surface area contributed by atoms with Gasteiger partial charge in [0.1, 0.15) is 24.4 Å². The lowest BCUT2D eigenvalue weighted by Crippen LogP contribution is -2.59. The highest BCUT2D eigenvalue weighted by molar-refractivity contribution is 5.28. The lowest BCUT2D eigenvalue weighted by molar-refractivity contribution is -0.299. The minimum Gasteiger partial charge on any atom is -0.394 e. The molecule has 0 aromatic rings. The van der Waals surface area contributed by atoms with E-state index < -0.39 is 37.3 Å². The summed E-state index contributed by atoms with van der Waals surface area (Å²) in [6.45, 7) is 8.83. The van der Waals surface area contributed by atoms with Gasteiger partial charge in [0.05, 0.1) is 13.2 Å². The van der Waals surface area contributed by atoms with E-state index in [1.54, 1.807) is 24.3 Å². The van der Waals surface area contributed by atoms with Gasteiger partial charge < -0.3 is 29.9 Å². The van der Waals surface area contributed by atoms with Crippen LogP contribution in [0.25, 0.3) is 0 Å². The van der Waals surface area contributed by atoms with Gasteiger partial charge in [0.2, 0.25) is 0 Å². The minimum absolute atomic E-state index is 0.160. The second-order valence-electron chi connectivity index (χ2n) is 5.16. The molecule has 5 atom stereocenters. The number of rotatable bonds is 7. The molecule has 1 saturated heterocycles. The SMILES string of the molecule is C=CC(=C)/C=C/C=C(\C)COC1O[C@H](CO)[C@@H](O)[C@H](O)[C@H]1O. The van der Waals surface area contributed by atoms with Crippen LogP contribution in [-0.4, -0.2) is 64.3 Å². The Labute approximate surface area is 130 Å². The third-order valence-corrected chi connectivity index (χ3v) is 3.28. The average molecular weight is 312 g/mol. The number of aliphatic hydroxyl groups excluding tert-OH is 4. The van der Waals surface area contributed by atoms with Gasteiger partial charge in [0, 0.05) is 0 Å². The van der Waals surface area contributed by atoms with Crippen LogP contribution < -0.4 is 0 Å². The molecule has 0 spiro atoms. The summed E-state index contributed by atoms with van der Waals surface area (Å²) in [6, 6.07) is 0. The van der Waals surface area contributed by atoms with Crippen molar-refractivity contribution in [3.05, 3.63) is 48.6 Å². The molecule has 0 bridgehead atoms. The Morgan fingerprint density at radius 2 is 1.91 bits per heavy atom. The van der Waals surface area contributed by atoms with Crippen molar-refractivity contribution in [2.24, 2.45) is 0 Å². The van der Waals surface area contributed by atoms with E-state index in [9.17, 15) is 15.3 Å². The maximum absolute atomic E-state index is 9.82. The van der Waals surface area contributed by atoms with Crippen LogP contribution in [0, 0.1) is 0 Å². The van der Waals surface area contributed by atoms with Crippen LogP contribution in [-0.2, 0) is 9.47 Å². The second kappa shape index (κ2) is 8.99. The van der Waals surface area contributed by atoms with Crippen LogP contribution >= 0.6 is 0 Å². The highest BCUT2D eigenvalue weighted by Gasteiger charge is 2.43. The molecule has 0 aromatic carbocycles. The third kappa shape index (κ3) is 5.17. The summed E-state index contributed by atoms with van der Waals surface area (Å²) in [5.74, 6) is 0. The minimum atomic E-state index is -1.43. The van der Waals surface area contributed by atoms with Gasteiger partial charge in [-0.25, -0.2) is 0 Å². The molecule has 22 heavy (non-hydrogen) atoms. The zero-order valence-electron chi connectivity index (χ0n) is 12.6. The lowest BCUT2D eigenvalue weighted by atomic mass is 9.99. The summed E-state index contributed by atoms with van der Waals surface area (Å²) in [5, 5.41) is 38.2. The van der Waals surface area contributed by atoms with Crippen molar-refractivity contribution >= 4 is 0 Å². The smallest absolute Gasteiger partial charge is 0.187 e. The number of allylic oxidation sites excluding steroid dienone is 5. The predicted molar refractivity (Wildman–Crippen MR) is 82.0 cm³/mol. The van der Waals surface area contributed by atoms with Crippen LogP contribution in [0.5, 0.6) is 0 Å². The molecule has 6 heteroatoms. The highest BCUT2D eigenvalue weighted by Crippen LogP contribution is 2.22. The van der Waals surface area contributed by atoms with Crippen molar-refractivity contribution in [3.63, 3.8) is 0 Å². The lowest BCUT2D eigenvalue weighted by Gasteiger charge is -2.39. The fourth-order valence-corrected chi connectivity index (χ4v) is 1.87. The molecule has 1 aliphatic heterocycles. The van der Waals surface area contributed by atoms with E-state index in [1.165, 1.54) is 0 Å². The van der Waals surface area contributed by atoms with Crippen molar-refractivity contribution in [2.45, 2.75) is 37.6 Å². The molecule has 1 rings (SSSR count). The van der Waals surface area contributed by atoms with Crippen molar-refractivity contribution in [3.8, 4) is 0 Å². The van der Waals surface area contributed by atoms with Crippen LogP contribution in [0.1, 0.15) is 6.92 Å². The van der Waals surface area contributed by atoms with Gasteiger partial charge in [0.15, 0.2) is 6.29 Å². The molecule has 1 heterocycles. The Morgan fingerprint density at radius 1 is 1.23 bits per heavy atom. The van der Waals surface area contributed by atoms with E-state index in [0.717, 1.165) is 11.1 Å². The van der Waals surface area contributed by atoms with E-state index in [0.29, 0.717) is 0 Å². The largest absolute Gasteiger partial charge is 0.394 e. The first kappa shape index (κ1) is 18.8. The standard InChI is InChI=1S/C16H24O6/c1-4-10(2)6-5-7-11(3)9-21-16-15(20)14(19)13(18)12(8-17)22-16/h4-7,12-20H,1-2,8-9H2,3H3/b6-5+,11-7+/t12-,13-,14+,15-,16?/m1/s1. The Balaban J connectivity index is 2.55. The van der Waals surface area contributed by atoms with Gasteiger partial charge in [0.25, 0.3) is 0 Å². The molecule has 0 saturated carbocycles. The fourth-order valence-electron chi connectivity index (χ4n) is 1.87. The first-order valence-corrected chi connectivity index (χ1v) is 6.98. The normalized spacial score (nSPS) is 33.1. The molecule has 0 aliphatic carbocycles. The number of aliphatic hydroxyl groups is 4. The third-order valence-electron chi connectivity index (χ3n) is 3.28. The fraction of sp³-hybridized carbons (Fsp3) is 0.500. The van der Waals surface area contributed by atoms with Crippen molar-refractivity contribution in [1.29, 1.82) is 0 Å². The van der Waals surface area contributed by atoms with Gasteiger partial charge in [-0.15, -0.1) is 0 Å². The summed E-state index contributed by atoms with van der Waals surface area (Å²) in [6.07, 6.45) is 0.708.